The molecule has 1 heterocycles. The van der Waals surface area contributed by atoms with Crippen LogP contribution in [0.25, 0.3) is 0 Å². The molecule has 106 valence electrons. The number of nitrogens with zero attached hydrogens (tertiary/aromatic N) is 2. The third-order valence-electron chi connectivity index (χ3n) is 3.32. The summed E-state index contributed by atoms with van der Waals surface area (Å²) in [6, 6.07) is 5.33. The number of rotatable bonds is 4. The average Bonchev–Trinajstić information content (AvgIpc) is 2.69. The maximum Gasteiger partial charge on any atom is 0.168 e. The summed E-state index contributed by atoms with van der Waals surface area (Å²) in [6.07, 6.45) is 0.971. The van der Waals surface area contributed by atoms with Crippen molar-refractivity contribution >= 4 is 29.0 Å². The van der Waals surface area contributed by atoms with Crippen molar-refractivity contribution < 1.29 is 4.79 Å². The molecule has 20 heavy (non-hydrogen) atoms. The molecule has 1 aromatic carbocycles. The third-order valence-corrected chi connectivity index (χ3v) is 4.17. The van der Waals surface area contributed by atoms with Gasteiger partial charge in [0, 0.05) is 17.6 Å². The van der Waals surface area contributed by atoms with Crippen LogP contribution in [0.5, 0.6) is 0 Å². The normalized spacial score (nSPS) is 10.8. The fraction of sp³-hybridized carbons (Fsp3) is 0.333. The Kier molecular flexibility index (Phi) is 4.51. The standard InChI is InChI=1S/C15H16Cl2N2O/c1-4-12-15(17)13(19(3)18-12)8-14(20)10-6-5-9(2)11(16)7-10/h5-7H,4,8H2,1-3H3. The van der Waals surface area contributed by atoms with E-state index in [1.807, 2.05) is 19.9 Å². The van der Waals surface area contributed by atoms with Gasteiger partial charge < -0.3 is 0 Å². The number of hydrogen-bond donors (Lipinski definition) is 0. The Morgan fingerprint density at radius 2 is 2.05 bits per heavy atom. The van der Waals surface area contributed by atoms with Crippen molar-refractivity contribution in [3.05, 3.63) is 50.8 Å². The molecule has 0 aliphatic rings. The predicted molar refractivity (Wildman–Crippen MR) is 81.8 cm³/mol. The summed E-state index contributed by atoms with van der Waals surface area (Å²) >= 11 is 12.3. The van der Waals surface area contributed by atoms with Crippen LogP contribution in [0.15, 0.2) is 18.2 Å². The number of halogens is 2. The Bertz CT molecular complexity index is 662. The molecule has 0 saturated heterocycles. The molecular formula is C15H16Cl2N2O. The summed E-state index contributed by atoms with van der Waals surface area (Å²) < 4.78 is 1.68. The van der Waals surface area contributed by atoms with Crippen LogP contribution in [0.3, 0.4) is 0 Å². The Morgan fingerprint density at radius 3 is 2.60 bits per heavy atom. The molecule has 0 fully saturated rings. The van der Waals surface area contributed by atoms with E-state index in [-0.39, 0.29) is 12.2 Å². The van der Waals surface area contributed by atoms with Gasteiger partial charge in [0.05, 0.1) is 22.8 Å². The predicted octanol–water partition coefficient (Wildman–Crippen LogP) is 4.02. The van der Waals surface area contributed by atoms with Crippen molar-refractivity contribution in [2.45, 2.75) is 26.7 Å². The molecule has 2 rings (SSSR count). The van der Waals surface area contributed by atoms with E-state index >= 15 is 0 Å². The first-order valence-electron chi connectivity index (χ1n) is 6.43. The van der Waals surface area contributed by atoms with Crippen LogP contribution in [-0.2, 0) is 19.9 Å². The molecule has 0 atom stereocenters. The monoisotopic (exact) mass is 310 g/mol. The number of aromatic nitrogens is 2. The van der Waals surface area contributed by atoms with Gasteiger partial charge in [-0.05, 0) is 25.0 Å². The molecule has 0 aliphatic carbocycles. The Hall–Kier alpha value is -1.32. The van der Waals surface area contributed by atoms with Gasteiger partial charge in [-0.1, -0.05) is 42.3 Å². The van der Waals surface area contributed by atoms with E-state index in [4.69, 9.17) is 23.2 Å². The number of Topliss-reactive ketones (excluding diaryl/α,β-unsaturated/α-hetero) is 1. The molecule has 0 N–H and O–H groups in total. The van der Waals surface area contributed by atoms with Gasteiger partial charge in [-0.25, -0.2) is 0 Å². The zero-order valence-corrected chi connectivity index (χ0v) is 13.2. The van der Waals surface area contributed by atoms with Crippen molar-refractivity contribution in [2.75, 3.05) is 0 Å². The molecular weight excluding hydrogens is 295 g/mol. The maximum absolute atomic E-state index is 12.3. The fourth-order valence-corrected chi connectivity index (χ4v) is 2.57. The largest absolute Gasteiger partial charge is 0.294 e. The molecule has 1 aromatic heterocycles. The van der Waals surface area contributed by atoms with Gasteiger partial charge in [0.1, 0.15) is 0 Å². The van der Waals surface area contributed by atoms with E-state index in [1.165, 1.54) is 0 Å². The van der Waals surface area contributed by atoms with Crippen LogP contribution in [0, 0.1) is 6.92 Å². The zero-order valence-electron chi connectivity index (χ0n) is 11.7. The molecule has 2 aromatic rings. The highest BCUT2D eigenvalue weighted by Gasteiger charge is 2.17. The first-order chi connectivity index (χ1) is 9.43. The van der Waals surface area contributed by atoms with Crippen LogP contribution in [0.1, 0.15) is 34.2 Å². The third kappa shape index (κ3) is 2.89. The van der Waals surface area contributed by atoms with Gasteiger partial charge in [-0.3, -0.25) is 9.48 Å². The maximum atomic E-state index is 12.3. The smallest absolute Gasteiger partial charge is 0.168 e. The lowest BCUT2D eigenvalue weighted by atomic mass is 10.0. The summed E-state index contributed by atoms with van der Waals surface area (Å²) in [5, 5.41) is 5.50. The van der Waals surface area contributed by atoms with E-state index in [2.05, 4.69) is 5.10 Å². The van der Waals surface area contributed by atoms with E-state index in [0.717, 1.165) is 23.4 Å². The number of ketones is 1. The molecule has 0 amide bonds. The Labute approximate surface area is 128 Å². The lowest BCUT2D eigenvalue weighted by molar-refractivity contribution is 0.0990. The first kappa shape index (κ1) is 15.1. The second kappa shape index (κ2) is 5.98. The molecule has 0 bridgehead atoms. The SMILES string of the molecule is CCc1nn(C)c(CC(=O)c2ccc(C)c(Cl)c2)c1Cl. The van der Waals surface area contributed by atoms with E-state index in [9.17, 15) is 4.79 Å². The lowest BCUT2D eigenvalue weighted by Crippen LogP contribution is -2.08. The second-order valence-electron chi connectivity index (χ2n) is 4.75. The van der Waals surface area contributed by atoms with Crippen LogP contribution < -0.4 is 0 Å². The summed E-state index contributed by atoms with van der Waals surface area (Å²) in [6.45, 7) is 3.89. The van der Waals surface area contributed by atoms with Crippen molar-refractivity contribution in [1.29, 1.82) is 0 Å². The first-order valence-corrected chi connectivity index (χ1v) is 7.19. The fourth-order valence-electron chi connectivity index (χ4n) is 2.03. The molecule has 5 heteroatoms. The van der Waals surface area contributed by atoms with E-state index < -0.39 is 0 Å². The van der Waals surface area contributed by atoms with Gasteiger partial charge in [0.25, 0.3) is 0 Å². The van der Waals surface area contributed by atoms with Crippen LogP contribution >= 0.6 is 23.2 Å². The van der Waals surface area contributed by atoms with Gasteiger partial charge in [0.2, 0.25) is 0 Å². The number of benzene rings is 1. The molecule has 0 radical (unpaired) electrons. The molecule has 0 spiro atoms. The van der Waals surface area contributed by atoms with Crippen molar-refractivity contribution in [3.8, 4) is 0 Å². The summed E-state index contributed by atoms with van der Waals surface area (Å²) in [7, 11) is 1.80. The number of carbonyl (C=O) groups excluding carboxylic acids is 1. The number of hydrogen-bond acceptors (Lipinski definition) is 2. The molecule has 3 nitrogen and oxygen atoms in total. The summed E-state index contributed by atoms with van der Waals surface area (Å²) in [5.41, 5.74) is 3.11. The van der Waals surface area contributed by atoms with Crippen LogP contribution in [0.2, 0.25) is 10.0 Å². The zero-order chi connectivity index (χ0) is 14.9. The number of aryl methyl sites for hydroxylation is 3. The highest BCUT2D eigenvalue weighted by Crippen LogP contribution is 2.23. The topological polar surface area (TPSA) is 34.9 Å². The summed E-state index contributed by atoms with van der Waals surface area (Å²) in [4.78, 5) is 12.3. The molecule has 0 aliphatic heterocycles. The van der Waals surface area contributed by atoms with E-state index in [0.29, 0.717) is 15.6 Å². The Balaban J connectivity index is 2.28. The van der Waals surface area contributed by atoms with Gasteiger partial charge in [-0.15, -0.1) is 0 Å². The second-order valence-corrected chi connectivity index (χ2v) is 5.53. The Morgan fingerprint density at radius 1 is 1.35 bits per heavy atom. The minimum atomic E-state index is -0.0144. The van der Waals surface area contributed by atoms with Gasteiger partial charge >= 0.3 is 0 Å². The number of carbonyl (C=O) groups is 1. The summed E-state index contributed by atoms with van der Waals surface area (Å²) in [5.74, 6) is -0.0144. The minimum absolute atomic E-state index is 0.0144. The molecule has 0 unspecified atom stereocenters. The lowest BCUT2D eigenvalue weighted by Gasteiger charge is -2.05. The highest BCUT2D eigenvalue weighted by molar-refractivity contribution is 6.32. The van der Waals surface area contributed by atoms with Crippen molar-refractivity contribution in [3.63, 3.8) is 0 Å². The highest BCUT2D eigenvalue weighted by atomic mass is 35.5. The quantitative estimate of drug-likeness (QED) is 0.799. The van der Waals surface area contributed by atoms with E-state index in [1.54, 1.807) is 23.9 Å². The van der Waals surface area contributed by atoms with Crippen molar-refractivity contribution in [2.24, 2.45) is 7.05 Å². The van der Waals surface area contributed by atoms with Crippen LogP contribution in [0.4, 0.5) is 0 Å². The average molecular weight is 311 g/mol. The van der Waals surface area contributed by atoms with Gasteiger partial charge in [-0.2, -0.15) is 5.10 Å². The van der Waals surface area contributed by atoms with Gasteiger partial charge in [0.15, 0.2) is 5.78 Å². The minimum Gasteiger partial charge on any atom is -0.294 e. The van der Waals surface area contributed by atoms with Crippen molar-refractivity contribution in [1.82, 2.24) is 9.78 Å². The van der Waals surface area contributed by atoms with Crippen LogP contribution in [-0.4, -0.2) is 15.6 Å². The molecule has 0 saturated carbocycles.